The zero-order chi connectivity index (χ0) is 20.2. The number of hydrogen-bond donors (Lipinski definition) is 1. The van der Waals surface area contributed by atoms with Crippen LogP contribution in [0.1, 0.15) is 12.0 Å². The number of benzene rings is 1. The fourth-order valence-corrected chi connectivity index (χ4v) is 4.19. The van der Waals surface area contributed by atoms with Gasteiger partial charge in [0.25, 0.3) is 5.56 Å². The number of halogens is 2. The first-order chi connectivity index (χ1) is 14.1. The number of rotatable bonds is 6. The lowest BCUT2D eigenvalue weighted by molar-refractivity contribution is -0.163. The van der Waals surface area contributed by atoms with Crippen molar-refractivity contribution in [3.8, 4) is 0 Å². The molecule has 0 amide bonds. The average molecular weight is 405 g/mol. The lowest BCUT2D eigenvalue weighted by Gasteiger charge is -2.32. The molecule has 0 bridgehead atoms. The highest BCUT2D eigenvalue weighted by atomic mass is 19.3. The summed E-state index contributed by atoms with van der Waals surface area (Å²) >= 11 is 0. The number of pyridine rings is 1. The molecule has 156 valence electrons. The third-order valence-corrected chi connectivity index (χ3v) is 5.55. The minimum atomic E-state index is -2.82. The van der Waals surface area contributed by atoms with Gasteiger partial charge in [-0.25, -0.2) is 0 Å². The Morgan fingerprint density at radius 3 is 2.62 bits per heavy atom. The molecule has 8 heteroatoms. The normalized spacial score (nSPS) is 22.4. The molecule has 1 aromatic carbocycles. The predicted octanol–water partition coefficient (Wildman–Crippen LogP) is 2.64. The Hall–Kier alpha value is -2.45. The summed E-state index contributed by atoms with van der Waals surface area (Å²) in [5, 5.41) is 0. The Kier molecular flexibility index (Phi) is 6.10. The number of aromatic amines is 1. The van der Waals surface area contributed by atoms with Gasteiger partial charge < -0.3 is 24.3 Å². The van der Waals surface area contributed by atoms with Crippen LogP contribution in [0.4, 0.5) is 20.3 Å². The smallest absolute Gasteiger partial charge is 0.345 e. The molecular formula is C21H25F2N3O3. The van der Waals surface area contributed by atoms with Gasteiger partial charge in [0.1, 0.15) is 5.82 Å². The van der Waals surface area contributed by atoms with E-state index < -0.39 is 12.7 Å². The van der Waals surface area contributed by atoms with Crippen molar-refractivity contribution >= 4 is 11.5 Å². The quantitative estimate of drug-likeness (QED) is 0.801. The van der Waals surface area contributed by atoms with Gasteiger partial charge in [-0.1, -0.05) is 30.3 Å². The van der Waals surface area contributed by atoms with Crippen LogP contribution in [-0.4, -0.2) is 56.6 Å². The van der Waals surface area contributed by atoms with Crippen molar-refractivity contribution in [2.75, 3.05) is 42.6 Å². The average Bonchev–Trinajstić information content (AvgIpc) is 3.10. The maximum atomic E-state index is 13.0. The van der Waals surface area contributed by atoms with Crippen LogP contribution in [-0.2, 0) is 15.9 Å². The second-order valence-corrected chi connectivity index (χ2v) is 7.36. The number of anilines is 2. The van der Waals surface area contributed by atoms with Crippen molar-refractivity contribution in [3.63, 3.8) is 0 Å². The van der Waals surface area contributed by atoms with Crippen LogP contribution in [0.15, 0.2) is 47.3 Å². The van der Waals surface area contributed by atoms with Crippen LogP contribution >= 0.6 is 0 Å². The van der Waals surface area contributed by atoms with Crippen LogP contribution in [0.25, 0.3) is 0 Å². The maximum absolute atomic E-state index is 13.0. The van der Waals surface area contributed by atoms with E-state index in [0.29, 0.717) is 51.5 Å². The minimum Gasteiger partial charge on any atom is -0.378 e. The van der Waals surface area contributed by atoms with Gasteiger partial charge in [0.05, 0.1) is 25.4 Å². The monoisotopic (exact) mass is 405 g/mol. The standard InChI is InChI=1S/C21H25F2N3O3/c22-21(23)29-18-6-7-26(17(18)12-15-4-2-1-3-5-15)19-13-16(14-20(27)24-19)25-8-10-28-11-9-25/h1-5,13-14,17-18,21H,6-12H2,(H,24,27)/t17-,18+/m0/s1. The van der Waals surface area contributed by atoms with Gasteiger partial charge in [-0.15, -0.1) is 0 Å². The molecule has 2 aliphatic heterocycles. The topological polar surface area (TPSA) is 57.8 Å². The van der Waals surface area contributed by atoms with Crippen LogP contribution in [0.2, 0.25) is 0 Å². The van der Waals surface area contributed by atoms with Gasteiger partial charge in [-0.3, -0.25) is 4.79 Å². The van der Waals surface area contributed by atoms with Gasteiger partial charge in [0.2, 0.25) is 0 Å². The number of nitrogens with one attached hydrogen (secondary N) is 1. The molecule has 0 spiro atoms. The van der Waals surface area contributed by atoms with Crippen LogP contribution in [0.5, 0.6) is 0 Å². The fourth-order valence-electron chi connectivity index (χ4n) is 4.19. The maximum Gasteiger partial charge on any atom is 0.345 e. The Bertz CT molecular complexity index is 856. The molecule has 2 aliphatic rings. The summed E-state index contributed by atoms with van der Waals surface area (Å²) in [7, 11) is 0. The molecule has 0 saturated carbocycles. The molecule has 29 heavy (non-hydrogen) atoms. The number of morpholine rings is 1. The van der Waals surface area contributed by atoms with E-state index in [1.807, 2.05) is 41.3 Å². The number of alkyl halides is 2. The lowest BCUT2D eigenvalue weighted by atomic mass is 10.0. The van der Waals surface area contributed by atoms with Crippen molar-refractivity contribution in [1.29, 1.82) is 0 Å². The van der Waals surface area contributed by atoms with E-state index in [2.05, 4.69) is 9.88 Å². The fraction of sp³-hybridized carbons (Fsp3) is 0.476. The first-order valence-corrected chi connectivity index (χ1v) is 9.91. The summed E-state index contributed by atoms with van der Waals surface area (Å²) in [4.78, 5) is 19.3. The van der Waals surface area contributed by atoms with E-state index in [1.165, 1.54) is 0 Å². The molecule has 1 N–H and O–H groups in total. The Balaban J connectivity index is 1.62. The third-order valence-electron chi connectivity index (χ3n) is 5.55. The van der Waals surface area contributed by atoms with Gasteiger partial charge >= 0.3 is 6.61 Å². The van der Waals surface area contributed by atoms with Gasteiger partial charge in [-0.2, -0.15) is 8.78 Å². The zero-order valence-electron chi connectivity index (χ0n) is 16.1. The van der Waals surface area contributed by atoms with Gasteiger partial charge in [0.15, 0.2) is 0 Å². The van der Waals surface area contributed by atoms with E-state index in [9.17, 15) is 13.6 Å². The summed E-state index contributed by atoms with van der Waals surface area (Å²) in [6.45, 7) is 0.384. The molecule has 1 aromatic heterocycles. The van der Waals surface area contributed by atoms with Crippen LogP contribution in [0.3, 0.4) is 0 Å². The van der Waals surface area contributed by atoms with Crippen molar-refractivity contribution < 1.29 is 18.3 Å². The highest BCUT2D eigenvalue weighted by Crippen LogP contribution is 2.31. The summed E-state index contributed by atoms with van der Waals surface area (Å²) in [6.07, 6.45) is 0.430. The SMILES string of the molecule is O=c1cc(N2CCOCC2)cc(N2CC[C@@H](OC(F)F)[C@@H]2Cc2ccccc2)[nH]1. The van der Waals surface area contributed by atoms with Crippen molar-refractivity contribution in [1.82, 2.24) is 4.98 Å². The van der Waals surface area contributed by atoms with Crippen LogP contribution < -0.4 is 15.4 Å². The third kappa shape index (κ3) is 4.76. The molecule has 2 atom stereocenters. The van der Waals surface area contributed by atoms with Gasteiger partial charge in [-0.05, 0) is 18.4 Å². The second kappa shape index (κ2) is 8.92. The zero-order valence-corrected chi connectivity index (χ0v) is 16.1. The van der Waals surface area contributed by atoms with Gasteiger partial charge in [0, 0.05) is 37.5 Å². The van der Waals surface area contributed by atoms with E-state index in [4.69, 9.17) is 9.47 Å². The van der Waals surface area contributed by atoms with Crippen LogP contribution in [0, 0.1) is 0 Å². The molecule has 2 fully saturated rings. The van der Waals surface area contributed by atoms with Crippen molar-refractivity contribution in [2.24, 2.45) is 0 Å². The molecule has 2 saturated heterocycles. The molecule has 0 unspecified atom stereocenters. The number of H-pyrrole nitrogens is 1. The van der Waals surface area contributed by atoms with E-state index >= 15 is 0 Å². The lowest BCUT2D eigenvalue weighted by Crippen LogP contribution is -2.40. The molecule has 4 rings (SSSR count). The second-order valence-electron chi connectivity index (χ2n) is 7.36. The Morgan fingerprint density at radius 2 is 1.90 bits per heavy atom. The number of hydrogen-bond acceptors (Lipinski definition) is 5. The molecule has 6 nitrogen and oxygen atoms in total. The Morgan fingerprint density at radius 1 is 1.14 bits per heavy atom. The highest BCUT2D eigenvalue weighted by molar-refractivity contribution is 5.56. The number of nitrogens with zero attached hydrogens (tertiary/aromatic N) is 2. The van der Waals surface area contributed by atoms with Crippen molar-refractivity contribution in [3.05, 3.63) is 58.4 Å². The summed E-state index contributed by atoms with van der Waals surface area (Å²) in [5.74, 6) is 0.639. The molecule has 0 radical (unpaired) electrons. The molecule has 0 aliphatic carbocycles. The summed E-state index contributed by atoms with van der Waals surface area (Å²) < 4.78 is 36.3. The van der Waals surface area contributed by atoms with Crippen molar-refractivity contribution in [2.45, 2.75) is 31.6 Å². The Labute approximate surface area is 168 Å². The van der Waals surface area contributed by atoms with E-state index in [1.54, 1.807) is 6.07 Å². The minimum absolute atomic E-state index is 0.208. The molecular weight excluding hydrogens is 380 g/mol. The number of ether oxygens (including phenoxy) is 2. The largest absolute Gasteiger partial charge is 0.378 e. The first kappa shape index (κ1) is 19.8. The van der Waals surface area contributed by atoms with E-state index in [-0.39, 0.29) is 11.6 Å². The molecule has 2 aromatic rings. The predicted molar refractivity (Wildman–Crippen MR) is 107 cm³/mol. The summed E-state index contributed by atoms with van der Waals surface area (Å²) in [5.41, 5.74) is 1.66. The van der Waals surface area contributed by atoms with E-state index in [0.717, 1.165) is 11.3 Å². The molecule has 3 heterocycles. The number of aromatic nitrogens is 1. The summed E-state index contributed by atoms with van der Waals surface area (Å²) in [6, 6.07) is 12.9. The first-order valence-electron chi connectivity index (χ1n) is 9.91. The highest BCUT2D eigenvalue weighted by Gasteiger charge is 2.37.